The topological polar surface area (TPSA) is 35.2 Å². The number of rotatable bonds is 3. The summed E-state index contributed by atoms with van der Waals surface area (Å²) in [6.07, 6.45) is 3.33. The molecule has 1 aliphatic carbocycles. The molecule has 1 aliphatic rings. The minimum absolute atomic E-state index is 0.133. The van der Waals surface area contributed by atoms with E-state index in [1.807, 2.05) is 24.3 Å². The van der Waals surface area contributed by atoms with E-state index in [0.29, 0.717) is 11.6 Å². The Morgan fingerprint density at radius 1 is 1.24 bits per heavy atom. The molecular weight excluding hydrogens is 350 g/mol. The predicted octanol–water partition coefficient (Wildman–Crippen LogP) is 5.02. The number of nitrogens with two attached hydrogens (primary N) is 1. The lowest BCUT2D eigenvalue weighted by Gasteiger charge is -2.22. The lowest BCUT2D eigenvalue weighted by atomic mass is 9.88. The fraction of sp³-hybridized carbons (Fsp3) is 0.294. The highest BCUT2D eigenvalue weighted by Crippen LogP contribution is 2.31. The van der Waals surface area contributed by atoms with Gasteiger partial charge in [0.1, 0.15) is 12.4 Å². The van der Waals surface area contributed by atoms with Gasteiger partial charge in [0.25, 0.3) is 0 Å². The Labute approximate surface area is 138 Å². The van der Waals surface area contributed by atoms with Gasteiger partial charge in [0, 0.05) is 21.1 Å². The standard InChI is InChI=1S/C17H17BrClNO/c18-13-6-4-12(16(19)8-13)10-21-14-7-5-11-2-1-3-17(20)15(11)9-14/h4-9,17H,1-3,10,20H2/t17-/m1/s1. The predicted molar refractivity (Wildman–Crippen MR) is 89.8 cm³/mol. The monoisotopic (exact) mass is 365 g/mol. The van der Waals surface area contributed by atoms with Crippen LogP contribution >= 0.6 is 27.5 Å². The van der Waals surface area contributed by atoms with E-state index in [9.17, 15) is 0 Å². The minimum Gasteiger partial charge on any atom is -0.489 e. The first-order chi connectivity index (χ1) is 10.1. The number of ether oxygens (including phenoxy) is 1. The average Bonchev–Trinajstić information content (AvgIpc) is 2.47. The number of halogens is 2. The molecule has 2 nitrogen and oxygen atoms in total. The molecule has 0 aliphatic heterocycles. The molecule has 0 spiro atoms. The molecule has 3 rings (SSSR count). The summed E-state index contributed by atoms with van der Waals surface area (Å²) < 4.78 is 6.84. The van der Waals surface area contributed by atoms with Gasteiger partial charge in [0.15, 0.2) is 0 Å². The van der Waals surface area contributed by atoms with Crippen molar-refractivity contribution in [2.75, 3.05) is 0 Å². The molecule has 0 saturated carbocycles. The third-order valence-electron chi connectivity index (χ3n) is 3.89. The van der Waals surface area contributed by atoms with Crippen LogP contribution in [0.5, 0.6) is 5.75 Å². The maximum absolute atomic E-state index is 6.20. The van der Waals surface area contributed by atoms with Crippen molar-refractivity contribution in [2.45, 2.75) is 31.9 Å². The fourth-order valence-electron chi connectivity index (χ4n) is 2.70. The maximum Gasteiger partial charge on any atom is 0.120 e. The summed E-state index contributed by atoms with van der Waals surface area (Å²) in [6.45, 7) is 0.458. The van der Waals surface area contributed by atoms with Gasteiger partial charge in [-0.1, -0.05) is 39.7 Å². The SMILES string of the molecule is N[C@@H]1CCCc2ccc(OCc3ccc(Br)cc3Cl)cc21. The van der Waals surface area contributed by atoms with Gasteiger partial charge in [0.2, 0.25) is 0 Å². The lowest BCUT2D eigenvalue weighted by molar-refractivity contribution is 0.305. The third-order valence-corrected chi connectivity index (χ3v) is 4.73. The molecule has 0 radical (unpaired) electrons. The highest BCUT2D eigenvalue weighted by Gasteiger charge is 2.17. The van der Waals surface area contributed by atoms with Crippen molar-refractivity contribution in [1.82, 2.24) is 0 Å². The highest BCUT2D eigenvalue weighted by atomic mass is 79.9. The first kappa shape index (κ1) is 14.9. The lowest BCUT2D eigenvalue weighted by Crippen LogP contribution is -2.17. The molecular formula is C17H17BrClNO. The van der Waals surface area contributed by atoms with E-state index >= 15 is 0 Å². The zero-order valence-electron chi connectivity index (χ0n) is 11.6. The number of hydrogen-bond acceptors (Lipinski definition) is 2. The van der Waals surface area contributed by atoms with Crippen LogP contribution in [-0.4, -0.2) is 0 Å². The summed E-state index contributed by atoms with van der Waals surface area (Å²) in [5.41, 5.74) is 9.73. The molecule has 4 heteroatoms. The first-order valence-corrected chi connectivity index (χ1v) is 8.26. The Kier molecular flexibility index (Phi) is 4.53. The zero-order chi connectivity index (χ0) is 14.8. The number of hydrogen-bond donors (Lipinski definition) is 1. The number of aryl methyl sites for hydroxylation is 1. The third kappa shape index (κ3) is 3.42. The van der Waals surface area contributed by atoms with Crippen molar-refractivity contribution in [3.8, 4) is 5.75 Å². The van der Waals surface area contributed by atoms with E-state index in [1.54, 1.807) is 0 Å². The van der Waals surface area contributed by atoms with Crippen LogP contribution in [0.25, 0.3) is 0 Å². The van der Waals surface area contributed by atoms with Crippen molar-refractivity contribution in [2.24, 2.45) is 5.73 Å². The van der Waals surface area contributed by atoms with Crippen LogP contribution in [-0.2, 0) is 13.0 Å². The minimum atomic E-state index is 0.133. The fourth-order valence-corrected chi connectivity index (χ4v) is 3.43. The van der Waals surface area contributed by atoms with E-state index < -0.39 is 0 Å². The van der Waals surface area contributed by atoms with E-state index in [0.717, 1.165) is 28.6 Å². The Balaban J connectivity index is 1.75. The van der Waals surface area contributed by atoms with Crippen molar-refractivity contribution >= 4 is 27.5 Å². The van der Waals surface area contributed by atoms with Crippen LogP contribution < -0.4 is 10.5 Å². The van der Waals surface area contributed by atoms with Gasteiger partial charge in [-0.25, -0.2) is 0 Å². The smallest absolute Gasteiger partial charge is 0.120 e. The van der Waals surface area contributed by atoms with Gasteiger partial charge < -0.3 is 10.5 Å². The second kappa shape index (κ2) is 6.39. The summed E-state index contributed by atoms with van der Waals surface area (Å²) in [7, 11) is 0. The van der Waals surface area contributed by atoms with Crippen LogP contribution in [0.3, 0.4) is 0 Å². The van der Waals surface area contributed by atoms with Crippen LogP contribution in [0.1, 0.15) is 35.6 Å². The Morgan fingerprint density at radius 3 is 2.90 bits per heavy atom. The molecule has 0 aromatic heterocycles. The molecule has 2 aromatic rings. The normalized spacial score (nSPS) is 17.4. The van der Waals surface area contributed by atoms with Crippen molar-refractivity contribution < 1.29 is 4.74 Å². The quantitative estimate of drug-likeness (QED) is 0.828. The average molecular weight is 367 g/mol. The van der Waals surface area contributed by atoms with Gasteiger partial charge in [-0.3, -0.25) is 0 Å². The summed E-state index contributed by atoms with van der Waals surface area (Å²) >= 11 is 9.61. The molecule has 0 saturated heterocycles. The molecule has 110 valence electrons. The largest absolute Gasteiger partial charge is 0.489 e. The molecule has 2 N–H and O–H groups in total. The molecule has 2 aromatic carbocycles. The van der Waals surface area contributed by atoms with Crippen LogP contribution in [0, 0.1) is 0 Å². The van der Waals surface area contributed by atoms with Crippen LogP contribution in [0.4, 0.5) is 0 Å². The molecule has 0 unspecified atom stereocenters. The van der Waals surface area contributed by atoms with E-state index in [-0.39, 0.29) is 6.04 Å². The van der Waals surface area contributed by atoms with Gasteiger partial charge in [-0.05, 0) is 54.7 Å². The summed E-state index contributed by atoms with van der Waals surface area (Å²) in [5.74, 6) is 0.852. The summed E-state index contributed by atoms with van der Waals surface area (Å²) in [6, 6.07) is 12.2. The second-order valence-corrected chi connectivity index (χ2v) is 6.71. The van der Waals surface area contributed by atoms with Gasteiger partial charge >= 0.3 is 0 Å². The van der Waals surface area contributed by atoms with Gasteiger partial charge in [0.05, 0.1) is 0 Å². The van der Waals surface area contributed by atoms with Crippen LogP contribution in [0.2, 0.25) is 5.02 Å². The molecule has 0 heterocycles. The zero-order valence-corrected chi connectivity index (χ0v) is 14.0. The first-order valence-electron chi connectivity index (χ1n) is 7.08. The van der Waals surface area contributed by atoms with Gasteiger partial charge in [-0.15, -0.1) is 0 Å². The molecule has 21 heavy (non-hydrogen) atoms. The molecule has 0 amide bonds. The van der Waals surface area contributed by atoms with Crippen molar-refractivity contribution in [1.29, 1.82) is 0 Å². The van der Waals surface area contributed by atoms with Crippen molar-refractivity contribution in [3.05, 3.63) is 62.6 Å². The van der Waals surface area contributed by atoms with Gasteiger partial charge in [-0.2, -0.15) is 0 Å². The number of fused-ring (bicyclic) bond motifs is 1. The Bertz CT molecular complexity index is 659. The Hall–Kier alpha value is -1.03. The summed E-state index contributed by atoms with van der Waals surface area (Å²) in [4.78, 5) is 0. The van der Waals surface area contributed by atoms with E-state index in [4.69, 9.17) is 22.1 Å². The van der Waals surface area contributed by atoms with E-state index in [1.165, 1.54) is 17.5 Å². The second-order valence-electron chi connectivity index (χ2n) is 5.38. The van der Waals surface area contributed by atoms with Crippen LogP contribution in [0.15, 0.2) is 40.9 Å². The highest BCUT2D eigenvalue weighted by molar-refractivity contribution is 9.10. The molecule has 0 bridgehead atoms. The number of benzene rings is 2. The van der Waals surface area contributed by atoms with E-state index in [2.05, 4.69) is 28.1 Å². The van der Waals surface area contributed by atoms with Crippen molar-refractivity contribution in [3.63, 3.8) is 0 Å². The maximum atomic E-state index is 6.20. The summed E-state index contributed by atoms with van der Waals surface area (Å²) in [5, 5.41) is 0.707. The molecule has 1 atom stereocenters. The molecule has 0 fully saturated rings. The Morgan fingerprint density at radius 2 is 2.10 bits per heavy atom.